The number of sulfonamides is 1. The van der Waals surface area contributed by atoms with Crippen LogP contribution in [-0.4, -0.2) is 55.8 Å². The van der Waals surface area contributed by atoms with E-state index >= 15 is 0 Å². The Morgan fingerprint density at radius 3 is 2.50 bits per heavy atom. The van der Waals surface area contributed by atoms with E-state index in [1.165, 1.54) is 10.4 Å². The second kappa shape index (κ2) is 6.84. The average Bonchev–Trinajstić information content (AvgIpc) is 3.27. The molecule has 0 N–H and O–H groups in total. The van der Waals surface area contributed by atoms with Crippen LogP contribution in [0.4, 0.5) is 0 Å². The van der Waals surface area contributed by atoms with Gasteiger partial charge in [0.2, 0.25) is 0 Å². The first kappa shape index (κ1) is 17.8. The number of rotatable bonds is 3. The molecule has 0 spiro atoms. The van der Waals surface area contributed by atoms with Gasteiger partial charge < -0.3 is 9.64 Å². The van der Waals surface area contributed by atoms with Crippen LogP contribution >= 0.6 is 22.9 Å². The molecule has 9 heteroatoms. The number of fused-ring (bicyclic) bond motifs is 1. The first-order valence-electron chi connectivity index (χ1n) is 8.24. The predicted octanol–water partition coefficient (Wildman–Crippen LogP) is 2.24. The lowest BCUT2D eigenvalue weighted by molar-refractivity contribution is -0.139. The average molecular weight is 413 g/mol. The molecular formula is C17H17ClN2O4S2. The Bertz CT molecular complexity index is 911. The van der Waals surface area contributed by atoms with E-state index in [2.05, 4.69) is 0 Å². The minimum atomic E-state index is -3.55. The molecule has 2 aliphatic heterocycles. The van der Waals surface area contributed by atoms with Crippen molar-refractivity contribution in [3.05, 3.63) is 46.3 Å². The molecule has 6 nitrogen and oxygen atoms in total. The van der Waals surface area contributed by atoms with Gasteiger partial charge >= 0.3 is 0 Å². The maximum Gasteiger partial charge on any atom is 0.264 e. The van der Waals surface area contributed by atoms with Gasteiger partial charge in [-0.3, -0.25) is 4.79 Å². The Morgan fingerprint density at radius 1 is 1.12 bits per heavy atom. The van der Waals surface area contributed by atoms with Gasteiger partial charge in [0, 0.05) is 32.6 Å². The van der Waals surface area contributed by atoms with Crippen molar-refractivity contribution in [2.24, 2.45) is 0 Å². The number of hydrogen-bond donors (Lipinski definition) is 0. The Labute approximate surface area is 161 Å². The molecule has 1 unspecified atom stereocenters. The Hall–Kier alpha value is -1.61. The largest absolute Gasteiger partial charge is 0.480 e. The number of ether oxygens (including phenoxy) is 1. The fourth-order valence-electron chi connectivity index (χ4n) is 3.24. The molecule has 2 aromatic rings. The first-order chi connectivity index (χ1) is 12.4. The number of thiophene rings is 1. The smallest absolute Gasteiger partial charge is 0.264 e. The zero-order chi connectivity index (χ0) is 18.3. The number of amides is 1. The number of carbonyl (C=O) groups is 1. The van der Waals surface area contributed by atoms with Crippen molar-refractivity contribution >= 4 is 38.9 Å². The number of carbonyl (C=O) groups excluding carboxylic acids is 1. The quantitative estimate of drug-likeness (QED) is 0.775. The topological polar surface area (TPSA) is 66.9 Å². The third kappa shape index (κ3) is 3.22. The standard InChI is InChI=1S/C17H17ClN2O4S2/c18-15-5-6-16(25-15)26(22,23)20-9-7-19(8-10-20)17(21)14-11-12-3-1-2-4-13(12)24-14/h1-6,14H,7-11H2. The van der Waals surface area contributed by atoms with Crippen LogP contribution in [0.2, 0.25) is 4.34 Å². The fourth-order valence-corrected chi connectivity index (χ4v) is 6.30. The highest BCUT2D eigenvalue weighted by atomic mass is 35.5. The minimum Gasteiger partial charge on any atom is -0.480 e. The van der Waals surface area contributed by atoms with Gasteiger partial charge in [-0.15, -0.1) is 11.3 Å². The summed E-state index contributed by atoms with van der Waals surface area (Å²) in [6.45, 7) is 1.24. The molecule has 26 heavy (non-hydrogen) atoms. The van der Waals surface area contributed by atoms with Gasteiger partial charge in [0.05, 0.1) is 4.34 Å². The molecular weight excluding hydrogens is 396 g/mol. The molecule has 4 rings (SSSR count). The van der Waals surface area contributed by atoms with Crippen molar-refractivity contribution in [3.8, 4) is 5.75 Å². The second-order valence-electron chi connectivity index (χ2n) is 6.21. The fraction of sp³-hybridized carbons (Fsp3) is 0.353. The lowest BCUT2D eigenvalue weighted by atomic mass is 10.1. The summed E-state index contributed by atoms with van der Waals surface area (Å²) >= 11 is 6.89. The molecule has 0 radical (unpaired) electrons. The second-order valence-corrected chi connectivity index (χ2v) is 10.1. The van der Waals surface area contributed by atoms with Crippen molar-refractivity contribution in [2.75, 3.05) is 26.2 Å². The first-order valence-corrected chi connectivity index (χ1v) is 10.9. The van der Waals surface area contributed by atoms with Crippen LogP contribution in [0, 0.1) is 0 Å². The molecule has 138 valence electrons. The van der Waals surface area contributed by atoms with Gasteiger partial charge in [-0.05, 0) is 23.8 Å². The van der Waals surface area contributed by atoms with Gasteiger partial charge in [0.1, 0.15) is 9.96 Å². The molecule has 1 amide bonds. The van der Waals surface area contributed by atoms with Crippen molar-refractivity contribution in [2.45, 2.75) is 16.7 Å². The van der Waals surface area contributed by atoms with E-state index in [0.717, 1.165) is 22.6 Å². The van der Waals surface area contributed by atoms with Crippen LogP contribution in [0.25, 0.3) is 0 Å². The number of halogens is 1. The minimum absolute atomic E-state index is 0.0857. The van der Waals surface area contributed by atoms with E-state index < -0.39 is 16.1 Å². The Balaban J connectivity index is 1.39. The van der Waals surface area contributed by atoms with Gasteiger partial charge in [0.15, 0.2) is 6.10 Å². The molecule has 1 aromatic heterocycles. The number of nitrogens with zero attached hydrogens (tertiary/aromatic N) is 2. The lowest BCUT2D eigenvalue weighted by Gasteiger charge is -2.34. The van der Waals surface area contributed by atoms with Crippen molar-refractivity contribution < 1.29 is 17.9 Å². The van der Waals surface area contributed by atoms with E-state index in [-0.39, 0.29) is 23.2 Å². The summed E-state index contributed by atoms with van der Waals surface area (Å²) in [5.74, 6) is 0.666. The van der Waals surface area contributed by atoms with Crippen LogP contribution < -0.4 is 4.74 Å². The highest BCUT2D eigenvalue weighted by Crippen LogP contribution is 2.30. The third-order valence-corrected chi connectivity index (χ3v) is 8.21. The Kier molecular flexibility index (Phi) is 4.68. The van der Waals surface area contributed by atoms with Gasteiger partial charge in [-0.2, -0.15) is 4.31 Å². The molecule has 2 aliphatic rings. The zero-order valence-electron chi connectivity index (χ0n) is 13.8. The molecule has 0 aliphatic carbocycles. The van der Waals surface area contributed by atoms with Gasteiger partial charge in [-0.1, -0.05) is 29.8 Å². The van der Waals surface area contributed by atoms with E-state index in [9.17, 15) is 13.2 Å². The van der Waals surface area contributed by atoms with Crippen molar-refractivity contribution in [1.82, 2.24) is 9.21 Å². The predicted molar refractivity (Wildman–Crippen MR) is 99.2 cm³/mol. The summed E-state index contributed by atoms with van der Waals surface area (Å²) in [7, 11) is -3.55. The van der Waals surface area contributed by atoms with Crippen LogP contribution in [0.1, 0.15) is 5.56 Å². The molecule has 1 fully saturated rings. The van der Waals surface area contributed by atoms with Gasteiger partial charge in [0.25, 0.3) is 15.9 Å². The number of para-hydroxylation sites is 1. The summed E-state index contributed by atoms with van der Waals surface area (Å²) < 4.78 is 33.1. The maximum atomic E-state index is 12.7. The molecule has 0 bridgehead atoms. The summed E-state index contributed by atoms with van der Waals surface area (Å²) in [5.41, 5.74) is 1.03. The molecule has 0 saturated carbocycles. The van der Waals surface area contributed by atoms with Crippen molar-refractivity contribution in [3.63, 3.8) is 0 Å². The molecule has 3 heterocycles. The SMILES string of the molecule is O=C(C1Cc2ccccc2O1)N1CCN(S(=O)(=O)c2ccc(Cl)s2)CC1. The van der Waals surface area contributed by atoms with E-state index in [1.807, 2.05) is 24.3 Å². The zero-order valence-corrected chi connectivity index (χ0v) is 16.2. The summed E-state index contributed by atoms with van der Waals surface area (Å²) in [4.78, 5) is 14.4. The number of hydrogen-bond acceptors (Lipinski definition) is 5. The Morgan fingerprint density at radius 2 is 1.85 bits per heavy atom. The number of piperazine rings is 1. The van der Waals surface area contributed by atoms with E-state index in [4.69, 9.17) is 16.3 Å². The van der Waals surface area contributed by atoms with E-state index in [0.29, 0.717) is 23.8 Å². The van der Waals surface area contributed by atoms with Crippen LogP contribution in [0.3, 0.4) is 0 Å². The normalized spacial score (nSPS) is 20.7. The van der Waals surface area contributed by atoms with Crippen LogP contribution in [0.5, 0.6) is 5.75 Å². The van der Waals surface area contributed by atoms with Crippen LogP contribution in [-0.2, 0) is 21.2 Å². The molecule has 1 saturated heterocycles. The summed E-state index contributed by atoms with van der Waals surface area (Å²) in [5, 5.41) is 0. The number of benzene rings is 1. The highest BCUT2D eigenvalue weighted by molar-refractivity contribution is 7.91. The monoisotopic (exact) mass is 412 g/mol. The van der Waals surface area contributed by atoms with Gasteiger partial charge in [-0.25, -0.2) is 8.42 Å². The summed E-state index contributed by atoms with van der Waals surface area (Å²) in [6, 6.07) is 10.7. The lowest BCUT2D eigenvalue weighted by Crippen LogP contribution is -2.53. The van der Waals surface area contributed by atoms with Crippen LogP contribution in [0.15, 0.2) is 40.6 Å². The third-order valence-electron chi connectivity index (χ3n) is 4.62. The highest BCUT2D eigenvalue weighted by Gasteiger charge is 2.36. The maximum absolute atomic E-state index is 12.7. The molecule has 1 aromatic carbocycles. The van der Waals surface area contributed by atoms with E-state index in [1.54, 1.807) is 11.0 Å². The van der Waals surface area contributed by atoms with Crippen molar-refractivity contribution in [1.29, 1.82) is 0 Å². The molecule has 1 atom stereocenters. The summed E-state index contributed by atoms with van der Waals surface area (Å²) in [6.07, 6.45) is 0.0351.